The summed E-state index contributed by atoms with van der Waals surface area (Å²) < 4.78 is 0. The number of nitrogens with zero attached hydrogens (tertiary/aromatic N) is 2. The Balaban J connectivity index is 2.15. The van der Waals surface area contributed by atoms with Crippen molar-refractivity contribution in [3.8, 4) is 11.4 Å². The zero-order chi connectivity index (χ0) is 14.3. The van der Waals surface area contributed by atoms with E-state index in [0.29, 0.717) is 12.2 Å². The van der Waals surface area contributed by atoms with Crippen LogP contribution in [0.1, 0.15) is 42.0 Å². The lowest BCUT2D eigenvalue weighted by molar-refractivity contribution is 0.0909. The lowest BCUT2D eigenvalue weighted by Crippen LogP contribution is -2.29. The Bertz CT molecular complexity index is 675. The predicted molar refractivity (Wildman–Crippen MR) is 78.6 cm³/mol. The van der Waals surface area contributed by atoms with E-state index in [4.69, 9.17) is 0 Å². The number of carbonyl (C=O) groups excluding carboxylic acids is 1. The summed E-state index contributed by atoms with van der Waals surface area (Å²) in [5.74, 6) is 0.890. The molecule has 0 saturated heterocycles. The van der Waals surface area contributed by atoms with Crippen molar-refractivity contribution < 1.29 is 4.79 Å². The van der Waals surface area contributed by atoms with Gasteiger partial charge in [0.1, 0.15) is 0 Å². The minimum absolute atomic E-state index is 0.0150. The highest BCUT2D eigenvalue weighted by atomic mass is 16.1. The molecule has 0 unspecified atom stereocenters. The van der Waals surface area contributed by atoms with Crippen LogP contribution in [-0.4, -0.2) is 15.8 Å². The van der Waals surface area contributed by atoms with E-state index in [1.54, 1.807) is 0 Å². The first-order valence-electron chi connectivity index (χ1n) is 6.92. The van der Waals surface area contributed by atoms with Crippen molar-refractivity contribution in [3.63, 3.8) is 0 Å². The van der Waals surface area contributed by atoms with Gasteiger partial charge in [0.05, 0.1) is 17.0 Å². The first kappa shape index (κ1) is 13.0. The molecule has 0 spiro atoms. The fraction of sp³-hybridized carbons (Fsp3) is 0.353. The molecule has 3 heteroatoms. The standard InChI is InChI=1S/C17H18N2O/c1-11-15-13(9-17(2,3)10-14(15)20)19-16(18-11)12-7-5-4-6-8-12/h4-8H,9-10H2,1-3H3. The minimum Gasteiger partial charge on any atom is -0.294 e. The smallest absolute Gasteiger partial charge is 0.167 e. The highest BCUT2D eigenvalue weighted by Gasteiger charge is 2.33. The molecule has 3 nitrogen and oxygen atoms in total. The van der Waals surface area contributed by atoms with Crippen LogP contribution < -0.4 is 0 Å². The number of hydrogen-bond donors (Lipinski definition) is 0. The molecule has 1 heterocycles. The van der Waals surface area contributed by atoms with E-state index in [-0.39, 0.29) is 11.2 Å². The third-order valence-corrected chi connectivity index (χ3v) is 3.76. The molecule has 102 valence electrons. The van der Waals surface area contributed by atoms with Crippen LogP contribution in [0.2, 0.25) is 0 Å². The zero-order valence-corrected chi connectivity index (χ0v) is 12.1. The van der Waals surface area contributed by atoms with E-state index in [2.05, 4.69) is 23.8 Å². The van der Waals surface area contributed by atoms with Crippen LogP contribution in [0.5, 0.6) is 0 Å². The van der Waals surface area contributed by atoms with Crippen molar-refractivity contribution in [2.75, 3.05) is 0 Å². The van der Waals surface area contributed by atoms with E-state index >= 15 is 0 Å². The third-order valence-electron chi connectivity index (χ3n) is 3.76. The average Bonchev–Trinajstić information content (AvgIpc) is 2.37. The second kappa shape index (κ2) is 4.51. The van der Waals surface area contributed by atoms with E-state index in [1.165, 1.54) is 0 Å². The Kier molecular flexibility index (Phi) is 2.93. The van der Waals surface area contributed by atoms with Crippen LogP contribution in [0.4, 0.5) is 0 Å². The van der Waals surface area contributed by atoms with Gasteiger partial charge in [-0.05, 0) is 18.8 Å². The van der Waals surface area contributed by atoms with Gasteiger partial charge in [0.15, 0.2) is 11.6 Å². The summed E-state index contributed by atoms with van der Waals surface area (Å²) in [7, 11) is 0. The summed E-state index contributed by atoms with van der Waals surface area (Å²) in [4.78, 5) is 21.5. The molecule has 1 aromatic carbocycles. The SMILES string of the molecule is Cc1nc(-c2ccccc2)nc2c1C(=O)CC(C)(C)C2. The van der Waals surface area contributed by atoms with Gasteiger partial charge in [0.25, 0.3) is 0 Å². The quantitative estimate of drug-likeness (QED) is 0.792. The molecule has 0 atom stereocenters. The van der Waals surface area contributed by atoms with Gasteiger partial charge >= 0.3 is 0 Å². The number of rotatable bonds is 1. The Labute approximate surface area is 119 Å². The van der Waals surface area contributed by atoms with Crippen molar-refractivity contribution >= 4 is 5.78 Å². The molecule has 2 aromatic rings. The number of aromatic nitrogens is 2. The molecule has 0 saturated carbocycles. The topological polar surface area (TPSA) is 42.9 Å². The van der Waals surface area contributed by atoms with Gasteiger partial charge in [0, 0.05) is 12.0 Å². The lowest BCUT2D eigenvalue weighted by atomic mass is 9.75. The van der Waals surface area contributed by atoms with Crippen molar-refractivity contribution in [1.82, 2.24) is 9.97 Å². The first-order valence-corrected chi connectivity index (χ1v) is 6.92. The van der Waals surface area contributed by atoms with Crippen molar-refractivity contribution in [1.29, 1.82) is 0 Å². The Hall–Kier alpha value is -2.03. The Morgan fingerprint density at radius 1 is 1.05 bits per heavy atom. The fourth-order valence-electron chi connectivity index (χ4n) is 2.88. The van der Waals surface area contributed by atoms with Crippen LogP contribution in [0, 0.1) is 12.3 Å². The maximum atomic E-state index is 12.3. The second-order valence-electron chi connectivity index (χ2n) is 6.26. The zero-order valence-electron chi connectivity index (χ0n) is 12.1. The van der Waals surface area contributed by atoms with Gasteiger partial charge in [-0.2, -0.15) is 0 Å². The van der Waals surface area contributed by atoms with Crippen LogP contribution in [0.3, 0.4) is 0 Å². The Morgan fingerprint density at radius 3 is 2.45 bits per heavy atom. The van der Waals surface area contributed by atoms with Gasteiger partial charge in [-0.1, -0.05) is 44.2 Å². The van der Waals surface area contributed by atoms with Crippen molar-refractivity contribution in [2.24, 2.45) is 5.41 Å². The number of Topliss-reactive ketones (excluding diaryl/α,β-unsaturated/α-hetero) is 1. The summed E-state index contributed by atoms with van der Waals surface area (Å²) in [6.07, 6.45) is 1.41. The van der Waals surface area contributed by atoms with Gasteiger partial charge in [-0.3, -0.25) is 4.79 Å². The number of hydrogen-bond acceptors (Lipinski definition) is 3. The van der Waals surface area contributed by atoms with Crippen LogP contribution in [-0.2, 0) is 6.42 Å². The number of benzene rings is 1. The van der Waals surface area contributed by atoms with Crippen LogP contribution >= 0.6 is 0 Å². The molecule has 1 aromatic heterocycles. The third kappa shape index (κ3) is 2.24. The summed E-state index contributed by atoms with van der Waals surface area (Å²) in [6, 6.07) is 9.92. The molecule has 0 bridgehead atoms. The van der Waals surface area contributed by atoms with E-state index in [1.807, 2.05) is 37.3 Å². The number of fused-ring (bicyclic) bond motifs is 1. The fourth-order valence-corrected chi connectivity index (χ4v) is 2.88. The van der Waals surface area contributed by atoms with E-state index in [0.717, 1.165) is 28.9 Å². The molecule has 20 heavy (non-hydrogen) atoms. The molecular formula is C17H18N2O. The maximum Gasteiger partial charge on any atom is 0.167 e. The molecule has 0 amide bonds. The summed E-state index contributed by atoms with van der Waals surface area (Å²) in [6.45, 7) is 6.14. The van der Waals surface area contributed by atoms with Crippen LogP contribution in [0.25, 0.3) is 11.4 Å². The summed E-state index contributed by atoms with van der Waals surface area (Å²) in [5, 5.41) is 0. The Morgan fingerprint density at radius 2 is 1.75 bits per heavy atom. The normalized spacial score (nSPS) is 16.9. The second-order valence-corrected chi connectivity index (χ2v) is 6.26. The first-order chi connectivity index (χ1) is 9.46. The van der Waals surface area contributed by atoms with E-state index in [9.17, 15) is 4.79 Å². The largest absolute Gasteiger partial charge is 0.294 e. The molecule has 0 radical (unpaired) electrons. The van der Waals surface area contributed by atoms with Gasteiger partial charge in [-0.15, -0.1) is 0 Å². The predicted octanol–water partition coefficient (Wildman–Crippen LogP) is 3.61. The summed E-state index contributed by atoms with van der Waals surface area (Å²) >= 11 is 0. The van der Waals surface area contributed by atoms with E-state index < -0.39 is 0 Å². The average molecular weight is 266 g/mol. The highest BCUT2D eigenvalue weighted by molar-refractivity contribution is 5.99. The highest BCUT2D eigenvalue weighted by Crippen LogP contribution is 2.35. The molecule has 0 fully saturated rings. The molecule has 1 aliphatic rings. The monoisotopic (exact) mass is 266 g/mol. The van der Waals surface area contributed by atoms with Crippen molar-refractivity contribution in [2.45, 2.75) is 33.6 Å². The molecule has 1 aliphatic carbocycles. The summed E-state index contributed by atoms with van der Waals surface area (Å²) in [5.41, 5.74) is 3.42. The molecular weight excluding hydrogens is 248 g/mol. The van der Waals surface area contributed by atoms with Gasteiger partial charge in [-0.25, -0.2) is 9.97 Å². The van der Waals surface area contributed by atoms with Gasteiger partial charge in [0.2, 0.25) is 0 Å². The number of aryl methyl sites for hydroxylation is 1. The van der Waals surface area contributed by atoms with Crippen molar-refractivity contribution in [3.05, 3.63) is 47.3 Å². The molecule has 0 aliphatic heterocycles. The maximum absolute atomic E-state index is 12.3. The minimum atomic E-state index is -0.0150. The number of carbonyl (C=O) groups is 1. The molecule has 0 N–H and O–H groups in total. The molecule has 3 rings (SSSR count). The van der Waals surface area contributed by atoms with Crippen LogP contribution in [0.15, 0.2) is 30.3 Å². The number of ketones is 1. The van der Waals surface area contributed by atoms with Gasteiger partial charge < -0.3 is 0 Å². The lowest BCUT2D eigenvalue weighted by Gasteiger charge is -2.30.